The minimum Gasteiger partial charge on any atom is -0.271 e. The van der Waals surface area contributed by atoms with Crippen molar-refractivity contribution in [3.05, 3.63) is 34.1 Å². The second-order valence-corrected chi connectivity index (χ2v) is 4.39. The lowest BCUT2D eigenvalue weighted by atomic mass is 9.96. The zero-order valence-corrected chi connectivity index (χ0v) is 9.81. The molecule has 0 radical (unpaired) electrons. The molecule has 3 N–H and O–H groups in total. The van der Waals surface area contributed by atoms with Gasteiger partial charge in [-0.15, -0.1) is 0 Å². The fourth-order valence-corrected chi connectivity index (χ4v) is 1.78. The molecular formula is C10H14BrFN2. The van der Waals surface area contributed by atoms with Crippen molar-refractivity contribution in [1.29, 1.82) is 0 Å². The lowest BCUT2D eigenvalue weighted by molar-refractivity contribution is 0.404. The smallest absolute Gasteiger partial charge is 0.142 e. The van der Waals surface area contributed by atoms with Crippen molar-refractivity contribution < 1.29 is 4.39 Å². The molecule has 1 aromatic carbocycles. The maximum atomic E-state index is 13.7. The summed E-state index contributed by atoms with van der Waals surface area (Å²) in [5, 5.41) is 0. The van der Waals surface area contributed by atoms with Gasteiger partial charge in [0.15, 0.2) is 0 Å². The van der Waals surface area contributed by atoms with Crippen LogP contribution in [0.15, 0.2) is 22.7 Å². The highest BCUT2D eigenvalue weighted by Gasteiger charge is 2.18. The molecule has 1 atom stereocenters. The van der Waals surface area contributed by atoms with E-state index in [0.29, 0.717) is 10.0 Å². The average molecular weight is 261 g/mol. The lowest BCUT2D eigenvalue weighted by Gasteiger charge is -2.21. The first-order chi connectivity index (χ1) is 6.57. The van der Waals surface area contributed by atoms with E-state index in [1.54, 1.807) is 18.2 Å². The Kier molecular flexibility index (Phi) is 4.04. The van der Waals surface area contributed by atoms with Crippen molar-refractivity contribution in [2.75, 3.05) is 0 Å². The van der Waals surface area contributed by atoms with E-state index in [2.05, 4.69) is 21.4 Å². The number of rotatable bonds is 3. The van der Waals surface area contributed by atoms with E-state index in [1.807, 2.05) is 13.8 Å². The summed E-state index contributed by atoms with van der Waals surface area (Å²) in [4.78, 5) is 0. The van der Waals surface area contributed by atoms with Crippen LogP contribution in [0.1, 0.15) is 25.5 Å². The van der Waals surface area contributed by atoms with Crippen molar-refractivity contribution in [1.82, 2.24) is 5.43 Å². The van der Waals surface area contributed by atoms with E-state index < -0.39 is 0 Å². The number of hydrogen-bond donors (Lipinski definition) is 2. The summed E-state index contributed by atoms with van der Waals surface area (Å²) in [5.74, 6) is 5.39. The van der Waals surface area contributed by atoms with Crippen LogP contribution in [0.25, 0.3) is 0 Å². The Morgan fingerprint density at radius 3 is 2.57 bits per heavy atom. The van der Waals surface area contributed by atoms with Gasteiger partial charge < -0.3 is 0 Å². The van der Waals surface area contributed by atoms with Crippen molar-refractivity contribution in [2.24, 2.45) is 11.8 Å². The van der Waals surface area contributed by atoms with Crippen LogP contribution in [0.4, 0.5) is 4.39 Å². The van der Waals surface area contributed by atoms with E-state index in [4.69, 9.17) is 5.84 Å². The van der Waals surface area contributed by atoms with Gasteiger partial charge in [-0.1, -0.05) is 26.0 Å². The van der Waals surface area contributed by atoms with Crippen LogP contribution in [0.5, 0.6) is 0 Å². The second kappa shape index (κ2) is 4.87. The summed E-state index contributed by atoms with van der Waals surface area (Å²) < 4.78 is 14.1. The third-order valence-corrected chi connectivity index (χ3v) is 2.78. The fraction of sp³-hybridized carbons (Fsp3) is 0.400. The SMILES string of the molecule is CC(C)C(NN)c1cccc(Br)c1F. The average Bonchev–Trinajstić information content (AvgIpc) is 2.13. The Hall–Kier alpha value is -0.450. The van der Waals surface area contributed by atoms with Gasteiger partial charge in [-0.05, 0) is 27.9 Å². The van der Waals surface area contributed by atoms with E-state index in [-0.39, 0.29) is 17.8 Å². The first kappa shape index (κ1) is 11.6. The molecule has 0 aromatic heterocycles. The number of halogens is 2. The summed E-state index contributed by atoms with van der Waals surface area (Å²) in [7, 11) is 0. The normalized spacial score (nSPS) is 13.3. The fourth-order valence-electron chi connectivity index (χ4n) is 1.40. The highest BCUT2D eigenvalue weighted by molar-refractivity contribution is 9.10. The molecule has 1 aromatic rings. The molecule has 14 heavy (non-hydrogen) atoms. The molecule has 0 bridgehead atoms. The maximum Gasteiger partial charge on any atom is 0.142 e. The predicted octanol–water partition coefficient (Wildman–Crippen LogP) is 2.75. The van der Waals surface area contributed by atoms with Crippen molar-refractivity contribution >= 4 is 15.9 Å². The molecule has 0 fully saturated rings. The van der Waals surface area contributed by atoms with Crippen molar-refractivity contribution in [2.45, 2.75) is 19.9 Å². The highest BCUT2D eigenvalue weighted by Crippen LogP contribution is 2.27. The van der Waals surface area contributed by atoms with Gasteiger partial charge >= 0.3 is 0 Å². The standard InChI is InChI=1S/C10H14BrFN2/c1-6(2)10(14-13)7-4-3-5-8(11)9(7)12/h3-6,10,14H,13H2,1-2H3. The third kappa shape index (κ3) is 2.32. The largest absolute Gasteiger partial charge is 0.271 e. The topological polar surface area (TPSA) is 38.0 Å². The van der Waals surface area contributed by atoms with E-state index in [9.17, 15) is 4.39 Å². The number of hydrazine groups is 1. The Morgan fingerprint density at radius 1 is 1.43 bits per heavy atom. The van der Waals surface area contributed by atoms with E-state index >= 15 is 0 Å². The summed E-state index contributed by atoms with van der Waals surface area (Å²) in [5.41, 5.74) is 3.22. The number of hydrogen-bond acceptors (Lipinski definition) is 2. The van der Waals surface area contributed by atoms with Crippen LogP contribution in [-0.2, 0) is 0 Å². The van der Waals surface area contributed by atoms with E-state index in [1.165, 1.54) is 0 Å². The van der Waals surface area contributed by atoms with Crippen molar-refractivity contribution in [3.63, 3.8) is 0 Å². The summed E-state index contributed by atoms with van der Waals surface area (Å²) in [6.07, 6.45) is 0. The molecule has 1 unspecified atom stereocenters. The minimum atomic E-state index is -0.246. The molecular weight excluding hydrogens is 247 g/mol. The molecule has 0 saturated carbocycles. The Morgan fingerprint density at radius 2 is 2.07 bits per heavy atom. The third-order valence-electron chi connectivity index (χ3n) is 2.16. The number of nitrogens with two attached hydrogens (primary N) is 1. The molecule has 0 aliphatic carbocycles. The van der Waals surface area contributed by atoms with Gasteiger partial charge in [0.05, 0.1) is 10.5 Å². The molecule has 0 spiro atoms. The molecule has 0 aliphatic heterocycles. The van der Waals surface area contributed by atoms with Crippen LogP contribution in [0, 0.1) is 11.7 Å². The molecule has 0 aliphatic rings. The minimum absolute atomic E-state index is 0.160. The molecule has 0 saturated heterocycles. The molecule has 0 amide bonds. The van der Waals surface area contributed by atoms with Crippen LogP contribution in [0.2, 0.25) is 0 Å². The zero-order valence-electron chi connectivity index (χ0n) is 8.22. The maximum absolute atomic E-state index is 13.7. The summed E-state index contributed by atoms with van der Waals surface area (Å²) >= 11 is 3.15. The van der Waals surface area contributed by atoms with Gasteiger partial charge in [-0.25, -0.2) is 4.39 Å². The molecule has 4 heteroatoms. The number of benzene rings is 1. The zero-order chi connectivity index (χ0) is 10.7. The predicted molar refractivity (Wildman–Crippen MR) is 59.0 cm³/mol. The Labute approximate surface area is 91.8 Å². The van der Waals surface area contributed by atoms with Crippen LogP contribution in [0.3, 0.4) is 0 Å². The Balaban J connectivity index is 3.10. The molecule has 78 valence electrons. The first-order valence-corrected chi connectivity index (χ1v) is 5.27. The quantitative estimate of drug-likeness (QED) is 0.648. The van der Waals surface area contributed by atoms with Gasteiger partial charge in [-0.3, -0.25) is 11.3 Å². The van der Waals surface area contributed by atoms with Crippen LogP contribution < -0.4 is 11.3 Å². The summed E-state index contributed by atoms with van der Waals surface area (Å²) in [6, 6.07) is 5.06. The van der Waals surface area contributed by atoms with Gasteiger partial charge in [0, 0.05) is 5.56 Å². The second-order valence-electron chi connectivity index (χ2n) is 3.53. The van der Waals surface area contributed by atoms with Gasteiger partial charge in [0.1, 0.15) is 5.82 Å². The van der Waals surface area contributed by atoms with Gasteiger partial charge in [0.25, 0.3) is 0 Å². The van der Waals surface area contributed by atoms with Gasteiger partial charge in [-0.2, -0.15) is 0 Å². The Bertz CT molecular complexity index is 315. The molecule has 0 heterocycles. The van der Waals surface area contributed by atoms with Gasteiger partial charge in [0.2, 0.25) is 0 Å². The van der Waals surface area contributed by atoms with Crippen LogP contribution >= 0.6 is 15.9 Å². The number of nitrogens with one attached hydrogen (secondary N) is 1. The monoisotopic (exact) mass is 260 g/mol. The van der Waals surface area contributed by atoms with Crippen molar-refractivity contribution in [3.8, 4) is 0 Å². The summed E-state index contributed by atoms with van der Waals surface area (Å²) in [6.45, 7) is 3.98. The van der Waals surface area contributed by atoms with Crippen LogP contribution in [-0.4, -0.2) is 0 Å². The van der Waals surface area contributed by atoms with E-state index in [0.717, 1.165) is 0 Å². The lowest BCUT2D eigenvalue weighted by Crippen LogP contribution is -2.32. The molecule has 1 rings (SSSR count). The highest BCUT2D eigenvalue weighted by atomic mass is 79.9. The molecule has 2 nitrogen and oxygen atoms in total. The first-order valence-electron chi connectivity index (χ1n) is 4.48.